The van der Waals surface area contributed by atoms with Crippen molar-refractivity contribution in [1.82, 2.24) is 4.90 Å². The van der Waals surface area contributed by atoms with Crippen molar-refractivity contribution in [3.05, 3.63) is 29.8 Å². The number of carbonyl (C=O) groups is 1. The van der Waals surface area contributed by atoms with Crippen LogP contribution in [0.4, 0.5) is 0 Å². The van der Waals surface area contributed by atoms with E-state index in [0.717, 1.165) is 0 Å². The molecule has 0 heterocycles. The Labute approximate surface area is 119 Å². The van der Waals surface area contributed by atoms with Gasteiger partial charge < -0.3 is 15.4 Å². The number of benzene rings is 1. The van der Waals surface area contributed by atoms with Crippen LogP contribution in [-0.4, -0.2) is 36.3 Å². The van der Waals surface area contributed by atoms with Gasteiger partial charge in [0.05, 0.1) is 5.56 Å². The van der Waals surface area contributed by atoms with Gasteiger partial charge in [0.1, 0.15) is 11.6 Å². The number of carbonyl (C=O) groups excluding carboxylic acids is 1. The number of rotatable bonds is 6. The van der Waals surface area contributed by atoms with E-state index in [0.29, 0.717) is 24.4 Å². The summed E-state index contributed by atoms with van der Waals surface area (Å²) < 4.78 is 5.43. The predicted octanol–water partition coefficient (Wildman–Crippen LogP) is 1.64. The number of para-hydroxylation sites is 1. The summed E-state index contributed by atoms with van der Waals surface area (Å²) in [5.74, 6) is 0.324. The Morgan fingerprint density at radius 3 is 2.42 bits per heavy atom. The Kier molecular flexibility index (Phi) is 7.60. The van der Waals surface area contributed by atoms with Crippen molar-refractivity contribution in [1.29, 1.82) is 5.41 Å². The van der Waals surface area contributed by atoms with Gasteiger partial charge in [-0.05, 0) is 26.0 Å². The molecule has 1 aromatic rings. The molecule has 0 aliphatic heterocycles. The van der Waals surface area contributed by atoms with Gasteiger partial charge in [0, 0.05) is 13.1 Å². The number of amides is 1. The second-order valence-corrected chi connectivity index (χ2v) is 3.76. The number of hydrogen-bond donors (Lipinski definition) is 2. The monoisotopic (exact) mass is 285 g/mol. The zero-order valence-electron chi connectivity index (χ0n) is 11.2. The first-order chi connectivity index (χ1) is 8.60. The molecule has 19 heavy (non-hydrogen) atoms. The van der Waals surface area contributed by atoms with Gasteiger partial charge in [-0.1, -0.05) is 12.1 Å². The van der Waals surface area contributed by atoms with E-state index in [-0.39, 0.29) is 30.8 Å². The van der Waals surface area contributed by atoms with Gasteiger partial charge in [0.15, 0.2) is 6.61 Å². The molecule has 0 spiro atoms. The maximum absolute atomic E-state index is 11.8. The fourth-order valence-electron chi connectivity index (χ4n) is 1.62. The summed E-state index contributed by atoms with van der Waals surface area (Å²) in [5, 5.41) is 7.42. The third-order valence-corrected chi connectivity index (χ3v) is 2.64. The van der Waals surface area contributed by atoms with Crippen LogP contribution in [0.1, 0.15) is 19.4 Å². The summed E-state index contributed by atoms with van der Waals surface area (Å²) in [5.41, 5.74) is 5.95. The molecule has 0 aromatic heterocycles. The summed E-state index contributed by atoms with van der Waals surface area (Å²) in [4.78, 5) is 13.5. The Morgan fingerprint density at radius 1 is 1.32 bits per heavy atom. The van der Waals surface area contributed by atoms with Crippen LogP contribution in [0.5, 0.6) is 5.75 Å². The van der Waals surface area contributed by atoms with E-state index in [9.17, 15) is 4.79 Å². The first-order valence-corrected chi connectivity index (χ1v) is 5.94. The minimum Gasteiger partial charge on any atom is -0.483 e. The molecule has 1 amide bonds. The first-order valence-electron chi connectivity index (χ1n) is 5.94. The minimum absolute atomic E-state index is 0. The molecule has 3 N–H and O–H groups in total. The van der Waals surface area contributed by atoms with Crippen molar-refractivity contribution in [3.63, 3.8) is 0 Å². The van der Waals surface area contributed by atoms with E-state index in [4.69, 9.17) is 15.9 Å². The van der Waals surface area contributed by atoms with Crippen molar-refractivity contribution in [2.45, 2.75) is 13.8 Å². The second-order valence-electron chi connectivity index (χ2n) is 3.76. The van der Waals surface area contributed by atoms with Crippen molar-refractivity contribution in [2.24, 2.45) is 5.73 Å². The molecule has 0 atom stereocenters. The minimum atomic E-state index is -0.0710. The highest BCUT2D eigenvalue weighted by Crippen LogP contribution is 2.17. The average Bonchev–Trinajstić information content (AvgIpc) is 2.38. The van der Waals surface area contributed by atoms with Gasteiger partial charge in [-0.15, -0.1) is 12.4 Å². The van der Waals surface area contributed by atoms with Gasteiger partial charge >= 0.3 is 0 Å². The maximum Gasteiger partial charge on any atom is 0.260 e. The lowest BCUT2D eigenvalue weighted by molar-refractivity contribution is -0.132. The summed E-state index contributed by atoms with van der Waals surface area (Å²) in [6.45, 7) is 5.13. The van der Waals surface area contributed by atoms with Gasteiger partial charge in [-0.3, -0.25) is 10.2 Å². The molecule has 0 aliphatic carbocycles. The van der Waals surface area contributed by atoms with Crippen LogP contribution < -0.4 is 10.5 Å². The molecular weight excluding hydrogens is 266 g/mol. The summed E-state index contributed by atoms with van der Waals surface area (Å²) >= 11 is 0. The molecule has 0 saturated carbocycles. The molecule has 6 heteroatoms. The lowest BCUT2D eigenvalue weighted by atomic mass is 10.2. The SMILES string of the molecule is CCN(CC)C(=O)COc1ccccc1C(=N)N.Cl. The largest absolute Gasteiger partial charge is 0.483 e. The number of halogens is 1. The van der Waals surface area contributed by atoms with Gasteiger partial charge in [-0.2, -0.15) is 0 Å². The van der Waals surface area contributed by atoms with Crippen molar-refractivity contribution >= 4 is 24.1 Å². The van der Waals surface area contributed by atoms with Crippen LogP contribution in [-0.2, 0) is 4.79 Å². The highest BCUT2D eigenvalue weighted by Gasteiger charge is 2.12. The molecule has 0 aliphatic rings. The van der Waals surface area contributed by atoms with E-state index in [1.54, 1.807) is 29.2 Å². The molecule has 1 aromatic carbocycles. The topological polar surface area (TPSA) is 79.4 Å². The van der Waals surface area contributed by atoms with Crippen LogP contribution in [0.3, 0.4) is 0 Å². The number of nitrogens with zero attached hydrogens (tertiary/aromatic N) is 1. The Morgan fingerprint density at radius 2 is 1.89 bits per heavy atom. The second kappa shape index (κ2) is 8.37. The fraction of sp³-hybridized carbons (Fsp3) is 0.385. The molecule has 0 radical (unpaired) electrons. The van der Waals surface area contributed by atoms with Crippen LogP contribution in [0.15, 0.2) is 24.3 Å². The van der Waals surface area contributed by atoms with Crippen LogP contribution >= 0.6 is 12.4 Å². The molecule has 0 saturated heterocycles. The number of nitrogens with one attached hydrogen (secondary N) is 1. The van der Waals surface area contributed by atoms with Crippen LogP contribution in [0.25, 0.3) is 0 Å². The fourth-order valence-corrected chi connectivity index (χ4v) is 1.62. The Bertz CT molecular complexity index is 434. The number of ether oxygens (including phenoxy) is 1. The number of nitrogen functional groups attached to an aromatic ring is 1. The third kappa shape index (κ3) is 4.79. The molecule has 5 nitrogen and oxygen atoms in total. The normalized spacial score (nSPS) is 9.37. The van der Waals surface area contributed by atoms with Crippen molar-refractivity contribution < 1.29 is 9.53 Å². The van der Waals surface area contributed by atoms with Crippen molar-refractivity contribution in [3.8, 4) is 5.75 Å². The number of hydrogen-bond acceptors (Lipinski definition) is 3. The molecule has 0 unspecified atom stereocenters. The maximum atomic E-state index is 11.8. The Hall–Kier alpha value is -1.75. The number of nitrogens with two attached hydrogens (primary N) is 1. The smallest absolute Gasteiger partial charge is 0.260 e. The van der Waals surface area contributed by atoms with Crippen LogP contribution in [0.2, 0.25) is 0 Å². The summed E-state index contributed by atoms with van der Waals surface area (Å²) in [7, 11) is 0. The van der Waals surface area contributed by atoms with E-state index >= 15 is 0 Å². The lowest BCUT2D eigenvalue weighted by Gasteiger charge is -2.19. The van der Waals surface area contributed by atoms with Gasteiger partial charge in [0.2, 0.25) is 0 Å². The lowest BCUT2D eigenvalue weighted by Crippen LogP contribution is -2.34. The highest BCUT2D eigenvalue weighted by atomic mass is 35.5. The third-order valence-electron chi connectivity index (χ3n) is 2.64. The van der Waals surface area contributed by atoms with E-state index in [2.05, 4.69) is 0 Å². The van der Waals surface area contributed by atoms with Gasteiger partial charge in [-0.25, -0.2) is 0 Å². The molecule has 106 valence electrons. The molecular formula is C13H20ClN3O2. The van der Waals surface area contributed by atoms with E-state index in [1.807, 2.05) is 13.8 Å². The first kappa shape index (κ1) is 17.2. The zero-order chi connectivity index (χ0) is 13.5. The predicted molar refractivity (Wildman–Crippen MR) is 78.1 cm³/mol. The van der Waals surface area contributed by atoms with Crippen molar-refractivity contribution in [2.75, 3.05) is 19.7 Å². The summed E-state index contributed by atoms with van der Waals surface area (Å²) in [6, 6.07) is 6.95. The van der Waals surface area contributed by atoms with Gasteiger partial charge in [0.25, 0.3) is 5.91 Å². The standard InChI is InChI=1S/C13H19N3O2.ClH/c1-3-16(4-2)12(17)9-18-11-8-6-5-7-10(11)13(14)15;/h5-8H,3-4,9H2,1-2H3,(H3,14,15);1H. The molecule has 0 bridgehead atoms. The molecule has 0 fully saturated rings. The number of amidine groups is 1. The highest BCUT2D eigenvalue weighted by molar-refractivity contribution is 5.97. The quantitative estimate of drug-likeness (QED) is 0.616. The number of likely N-dealkylation sites (N-methyl/N-ethyl adjacent to an activating group) is 1. The zero-order valence-corrected chi connectivity index (χ0v) is 12.0. The summed E-state index contributed by atoms with van der Waals surface area (Å²) in [6.07, 6.45) is 0. The van der Waals surface area contributed by atoms with E-state index in [1.165, 1.54) is 0 Å². The van der Waals surface area contributed by atoms with E-state index < -0.39 is 0 Å². The van der Waals surface area contributed by atoms with Crippen LogP contribution in [0, 0.1) is 5.41 Å². The average molecular weight is 286 g/mol. The Balaban J connectivity index is 0.00000324. The molecule has 1 rings (SSSR count).